The van der Waals surface area contributed by atoms with Gasteiger partial charge in [-0.05, 0) is 38.0 Å². The number of amides is 1. The van der Waals surface area contributed by atoms with Gasteiger partial charge in [0.2, 0.25) is 15.9 Å². The van der Waals surface area contributed by atoms with Crippen LogP contribution in [0.4, 0.5) is 0 Å². The van der Waals surface area contributed by atoms with Crippen LogP contribution in [0.5, 0.6) is 0 Å². The van der Waals surface area contributed by atoms with Gasteiger partial charge >= 0.3 is 0 Å². The van der Waals surface area contributed by atoms with E-state index in [9.17, 15) is 13.2 Å². The van der Waals surface area contributed by atoms with Crippen molar-refractivity contribution in [2.75, 3.05) is 13.1 Å². The molecule has 25 heavy (non-hydrogen) atoms. The zero-order valence-electron chi connectivity index (χ0n) is 14.7. The van der Waals surface area contributed by atoms with E-state index in [0.29, 0.717) is 13.0 Å². The minimum Gasteiger partial charge on any atom is -0.356 e. The monoisotopic (exact) mass is 364 g/mol. The van der Waals surface area contributed by atoms with Crippen LogP contribution in [0.25, 0.3) is 0 Å². The second-order valence-electron chi connectivity index (χ2n) is 5.83. The van der Waals surface area contributed by atoms with Gasteiger partial charge in [0.05, 0.1) is 10.6 Å². The van der Waals surface area contributed by atoms with Gasteiger partial charge in [-0.3, -0.25) is 9.48 Å². The maximum absolute atomic E-state index is 12.0. The number of aromatic nitrogens is 2. The van der Waals surface area contributed by atoms with Crippen LogP contribution in [0.2, 0.25) is 0 Å². The molecule has 1 aromatic heterocycles. The summed E-state index contributed by atoms with van der Waals surface area (Å²) >= 11 is 0. The summed E-state index contributed by atoms with van der Waals surface area (Å²) in [7, 11) is -1.68. The normalized spacial score (nSPS) is 11.5. The third-order valence-corrected chi connectivity index (χ3v) is 5.53. The summed E-state index contributed by atoms with van der Waals surface area (Å²) in [5.74, 6) is -0.185. The quantitative estimate of drug-likeness (QED) is 0.733. The molecular formula is C17H24N4O3S. The van der Waals surface area contributed by atoms with E-state index in [-0.39, 0.29) is 23.8 Å². The van der Waals surface area contributed by atoms with E-state index in [0.717, 1.165) is 17.0 Å². The molecule has 0 spiro atoms. The summed E-state index contributed by atoms with van der Waals surface area (Å²) in [4.78, 5) is 12.1. The Morgan fingerprint density at radius 1 is 1.16 bits per heavy atom. The standard InChI is InChI=1S/C17H24N4O3S/c1-13-16(14(2)21(3)20-13)9-11-18-17(22)10-12-19-25(23,24)15-7-5-4-6-8-15/h4-8,19H,9-12H2,1-3H3,(H,18,22). The van der Waals surface area contributed by atoms with E-state index < -0.39 is 10.0 Å². The van der Waals surface area contributed by atoms with Crippen LogP contribution in [0.1, 0.15) is 23.4 Å². The maximum Gasteiger partial charge on any atom is 0.240 e. The summed E-state index contributed by atoms with van der Waals surface area (Å²) in [5, 5.41) is 7.15. The van der Waals surface area contributed by atoms with Gasteiger partial charge in [-0.15, -0.1) is 0 Å². The number of hydrogen-bond acceptors (Lipinski definition) is 4. The smallest absolute Gasteiger partial charge is 0.240 e. The van der Waals surface area contributed by atoms with E-state index in [1.165, 1.54) is 12.1 Å². The Kier molecular flexibility index (Phi) is 6.33. The zero-order chi connectivity index (χ0) is 18.4. The third kappa shape index (κ3) is 5.14. The molecule has 2 aromatic rings. The molecule has 2 rings (SSSR count). The molecule has 7 nitrogen and oxygen atoms in total. The first kappa shape index (κ1) is 19.1. The highest BCUT2D eigenvalue weighted by Gasteiger charge is 2.13. The molecule has 0 saturated heterocycles. The molecule has 8 heteroatoms. The number of nitrogens with one attached hydrogen (secondary N) is 2. The lowest BCUT2D eigenvalue weighted by atomic mass is 10.1. The molecule has 0 aliphatic carbocycles. The Morgan fingerprint density at radius 2 is 1.84 bits per heavy atom. The average Bonchev–Trinajstić information content (AvgIpc) is 2.81. The molecule has 0 fully saturated rings. The molecule has 1 aromatic carbocycles. The molecule has 0 saturated carbocycles. The minimum atomic E-state index is -3.57. The predicted molar refractivity (Wildman–Crippen MR) is 95.6 cm³/mol. The third-order valence-electron chi connectivity index (χ3n) is 4.05. The lowest BCUT2D eigenvalue weighted by Crippen LogP contribution is -2.31. The topological polar surface area (TPSA) is 93.1 Å². The molecule has 0 bridgehead atoms. The summed E-state index contributed by atoms with van der Waals surface area (Å²) < 4.78 is 28.3. The van der Waals surface area contributed by atoms with Gasteiger partial charge < -0.3 is 5.32 Å². The Hall–Kier alpha value is -2.19. The van der Waals surface area contributed by atoms with Crippen LogP contribution in [0.15, 0.2) is 35.2 Å². The molecule has 136 valence electrons. The summed E-state index contributed by atoms with van der Waals surface area (Å²) in [6, 6.07) is 8.09. The highest BCUT2D eigenvalue weighted by Crippen LogP contribution is 2.11. The number of nitrogens with zero attached hydrogens (tertiary/aromatic N) is 2. The van der Waals surface area contributed by atoms with E-state index >= 15 is 0 Å². The SMILES string of the molecule is Cc1nn(C)c(C)c1CCNC(=O)CCNS(=O)(=O)c1ccccc1. The fraction of sp³-hybridized carbons (Fsp3) is 0.412. The largest absolute Gasteiger partial charge is 0.356 e. The van der Waals surface area contributed by atoms with Crippen LogP contribution < -0.4 is 10.0 Å². The molecule has 2 N–H and O–H groups in total. The van der Waals surface area contributed by atoms with Crippen molar-refractivity contribution < 1.29 is 13.2 Å². The van der Waals surface area contributed by atoms with Gasteiger partial charge in [-0.25, -0.2) is 13.1 Å². The van der Waals surface area contributed by atoms with Gasteiger partial charge in [0.1, 0.15) is 0 Å². The van der Waals surface area contributed by atoms with Gasteiger partial charge in [0, 0.05) is 32.3 Å². The predicted octanol–water partition coefficient (Wildman–Crippen LogP) is 1.06. The van der Waals surface area contributed by atoms with Crippen molar-refractivity contribution >= 4 is 15.9 Å². The number of rotatable bonds is 8. The summed E-state index contributed by atoms with van der Waals surface area (Å²) in [5.41, 5.74) is 3.18. The van der Waals surface area contributed by atoms with Crippen LogP contribution in [0.3, 0.4) is 0 Å². The Balaban J connectivity index is 1.74. The first-order valence-electron chi connectivity index (χ1n) is 8.12. The van der Waals surface area contributed by atoms with Crippen molar-refractivity contribution in [2.24, 2.45) is 7.05 Å². The molecule has 0 aliphatic rings. The van der Waals surface area contributed by atoms with Crippen LogP contribution in [-0.2, 0) is 28.3 Å². The Bertz CT molecular complexity index is 829. The Labute approximate surface area is 148 Å². The van der Waals surface area contributed by atoms with Crippen molar-refractivity contribution in [1.29, 1.82) is 0 Å². The van der Waals surface area contributed by atoms with Gasteiger partial charge in [-0.1, -0.05) is 18.2 Å². The molecule has 0 atom stereocenters. The minimum absolute atomic E-state index is 0.0635. The van der Waals surface area contributed by atoms with Crippen molar-refractivity contribution in [1.82, 2.24) is 19.8 Å². The number of carbonyl (C=O) groups excluding carboxylic acids is 1. The lowest BCUT2D eigenvalue weighted by molar-refractivity contribution is -0.120. The van der Waals surface area contributed by atoms with Gasteiger partial charge in [0.15, 0.2) is 0 Å². The lowest BCUT2D eigenvalue weighted by Gasteiger charge is -2.08. The Morgan fingerprint density at radius 3 is 2.44 bits per heavy atom. The van der Waals surface area contributed by atoms with Crippen molar-refractivity contribution in [3.63, 3.8) is 0 Å². The highest BCUT2D eigenvalue weighted by atomic mass is 32.2. The fourth-order valence-electron chi connectivity index (χ4n) is 2.58. The fourth-order valence-corrected chi connectivity index (χ4v) is 3.63. The van der Waals surface area contributed by atoms with Gasteiger partial charge in [-0.2, -0.15) is 5.10 Å². The molecule has 0 aliphatic heterocycles. The number of hydrogen-bond donors (Lipinski definition) is 2. The zero-order valence-corrected chi connectivity index (χ0v) is 15.6. The molecular weight excluding hydrogens is 340 g/mol. The highest BCUT2D eigenvalue weighted by molar-refractivity contribution is 7.89. The van der Waals surface area contributed by atoms with Crippen LogP contribution in [0, 0.1) is 13.8 Å². The van der Waals surface area contributed by atoms with Crippen LogP contribution in [-0.4, -0.2) is 37.2 Å². The van der Waals surface area contributed by atoms with E-state index in [2.05, 4.69) is 15.1 Å². The number of carbonyl (C=O) groups is 1. The number of aryl methyl sites for hydroxylation is 2. The first-order chi connectivity index (χ1) is 11.8. The molecule has 0 radical (unpaired) electrons. The average molecular weight is 364 g/mol. The second kappa shape index (κ2) is 8.26. The summed E-state index contributed by atoms with van der Waals surface area (Å²) in [6.45, 7) is 4.50. The van der Waals surface area contributed by atoms with E-state index in [1.807, 2.05) is 25.6 Å². The van der Waals surface area contributed by atoms with Crippen molar-refractivity contribution in [3.8, 4) is 0 Å². The number of benzene rings is 1. The van der Waals surface area contributed by atoms with Gasteiger partial charge in [0.25, 0.3) is 0 Å². The number of sulfonamides is 1. The molecule has 0 unspecified atom stereocenters. The molecule has 1 amide bonds. The maximum atomic E-state index is 12.0. The molecule has 1 heterocycles. The van der Waals surface area contributed by atoms with Crippen molar-refractivity contribution in [2.45, 2.75) is 31.6 Å². The first-order valence-corrected chi connectivity index (χ1v) is 9.60. The van der Waals surface area contributed by atoms with Crippen LogP contribution >= 0.6 is 0 Å². The summed E-state index contributed by atoms with van der Waals surface area (Å²) in [6.07, 6.45) is 0.796. The van der Waals surface area contributed by atoms with E-state index in [1.54, 1.807) is 18.2 Å². The second-order valence-corrected chi connectivity index (χ2v) is 7.60. The van der Waals surface area contributed by atoms with Crippen molar-refractivity contribution in [3.05, 3.63) is 47.3 Å². The van der Waals surface area contributed by atoms with E-state index in [4.69, 9.17) is 0 Å².